The van der Waals surface area contributed by atoms with Gasteiger partial charge in [0.25, 0.3) is 0 Å². The third-order valence-electron chi connectivity index (χ3n) is 7.25. The van der Waals surface area contributed by atoms with E-state index in [1.54, 1.807) is 33.0 Å². The van der Waals surface area contributed by atoms with E-state index < -0.39 is 30.1 Å². The van der Waals surface area contributed by atoms with Crippen LogP contribution in [0.25, 0.3) is 0 Å². The molecular formula is C30H41FN4O5. The lowest BCUT2D eigenvalue weighted by Crippen LogP contribution is -2.58. The van der Waals surface area contributed by atoms with Crippen LogP contribution in [0.3, 0.4) is 0 Å². The van der Waals surface area contributed by atoms with Crippen molar-refractivity contribution in [2.24, 2.45) is 0 Å². The number of methoxy groups -OCH3 is 1. The van der Waals surface area contributed by atoms with E-state index in [2.05, 4.69) is 16.0 Å². The standard InChI is InChI=1S/C30H41FN4O5/c1-19-18-33-27(21(3)39-5)30(38)35(4)20(2)28(36)34-25(17-22-12-14-24(31)15-13-22)29(37)32-16-8-10-23-9-6-7-11-26(23)40-19/h6-7,9,11-15,19-21,25,27,33H,8,10,16-18H2,1-5H3,(H,32,37)(H,34,36)/t19-,20-,21?,25-,27+/m1/s1. The summed E-state index contributed by atoms with van der Waals surface area (Å²) in [5, 5.41) is 8.98. The lowest BCUT2D eigenvalue weighted by Gasteiger charge is -2.32. The molecule has 0 aromatic heterocycles. The number of carbonyl (C=O) groups excluding carboxylic acids is 3. The number of para-hydroxylation sites is 1. The van der Waals surface area contributed by atoms with Gasteiger partial charge in [-0.25, -0.2) is 4.39 Å². The number of aryl methyl sites for hydroxylation is 1. The molecule has 1 heterocycles. The van der Waals surface area contributed by atoms with Gasteiger partial charge in [0.1, 0.15) is 35.8 Å². The number of ether oxygens (including phenoxy) is 2. The average Bonchev–Trinajstić information content (AvgIpc) is 2.95. The number of nitrogens with one attached hydrogen (secondary N) is 3. The molecule has 0 saturated carbocycles. The number of fused-ring (bicyclic) bond motifs is 1. The molecule has 0 fully saturated rings. The molecule has 5 atom stereocenters. The van der Waals surface area contributed by atoms with Crippen molar-refractivity contribution in [2.75, 3.05) is 27.2 Å². The summed E-state index contributed by atoms with van der Waals surface area (Å²) in [6, 6.07) is 11.0. The van der Waals surface area contributed by atoms with Gasteiger partial charge >= 0.3 is 0 Å². The Morgan fingerprint density at radius 1 is 1.07 bits per heavy atom. The van der Waals surface area contributed by atoms with Gasteiger partial charge in [0.15, 0.2) is 0 Å². The minimum atomic E-state index is -0.911. The fourth-order valence-corrected chi connectivity index (χ4v) is 4.52. The van der Waals surface area contributed by atoms with Crippen LogP contribution in [0.1, 0.15) is 38.3 Å². The number of rotatable bonds is 4. The highest BCUT2D eigenvalue weighted by Crippen LogP contribution is 2.21. The minimum Gasteiger partial charge on any atom is -0.489 e. The molecule has 1 aliphatic rings. The Morgan fingerprint density at radius 3 is 2.48 bits per heavy atom. The summed E-state index contributed by atoms with van der Waals surface area (Å²) in [6.45, 7) is 6.08. The van der Waals surface area contributed by atoms with E-state index in [-0.39, 0.29) is 30.2 Å². The van der Waals surface area contributed by atoms with Crippen molar-refractivity contribution in [3.8, 4) is 5.75 Å². The molecule has 2 aromatic rings. The Hall–Kier alpha value is -3.50. The SMILES string of the molecule is COC(C)[C@@H]1NC[C@@H](C)Oc2ccccc2CCCNC(=O)[C@@H](Cc2ccc(F)cc2)NC(=O)[C@@H](C)N(C)C1=O. The van der Waals surface area contributed by atoms with Crippen LogP contribution >= 0.6 is 0 Å². The third kappa shape index (κ3) is 8.50. The molecule has 10 heteroatoms. The van der Waals surface area contributed by atoms with E-state index in [1.165, 1.54) is 24.1 Å². The number of nitrogens with zero attached hydrogens (tertiary/aromatic N) is 1. The molecule has 3 amide bonds. The van der Waals surface area contributed by atoms with Gasteiger partial charge in [0, 0.05) is 33.7 Å². The maximum absolute atomic E-state index is 13.5. The average molecular weight is 557 g/mol. The Balaban J connectivity index is 1.88. The summed E-state index contributed by atoms with van der Waals surface area (Å²) in [6.07, 6.45) is 0.776. The molecule has 2 aromatic carbocycles. The summed E-state index contributed by atoms with van der Waals surface area (Å²) in [5.41, 5.74) is 1.70. The van der Waals surface area contributed by atoms with Gasteiger partial charge in [-0.15, -0.1) is 0 Å². The van der Waals surface area contributed by atoms with Gasteiger partial charge in [0.2, 0.25) is 17.7 Å². The summed E-state index contributed by atoms with van der Waals surface area (Å²) < 4.78 is 25.1. The first-order valence-electron chi connectivity index (χ1n) is 13.7. The van der Waals surface area contributed by atoms with Crippen molar-refractivity contribution in [2.45, 2.75) is 70.4 Å². The predicted octanol–water partition coefficient (Wildman–Crippen LogP) is 2.22. The molecule has 1 aliphatic heterocycles. The van der Waals surface area contributed by atoms with E-state index in [1.807, 2.05) is 31.2 Å². The second-order valence-electron chi connectivity index (χ2n) is 10.3. The van der Waals surface area contributed by atoms with Crippen LogP contribution in [0, 0.1) is 5.82 Å². The number of halogens is 1. The Labute approximate surface area is 235 Å². The van der Waals surface area contributed by atoms with Crippen LogP contribution in [0.5, 0.6) is 5.75 Å². The van der Waals surface area contributed by atoms with Crippen molar-refractivity contribution in [3.05, 3.63) is 65.5 Å². The second-order valence-corrected chi connectivity index (χ2v) is 10.3. The van der Waals surface area contributed by atoms with Gasteiger partial charge in [-0.3, -0.25) is 14.4 Å². The predicted molar refractivity (Wildman–Crippen MR) is 150 cm³/mol. The lowest BCUT2D eigenvalue weighted by molar-refractivity contribution is -0.143. The molecular weight excluding hydrogens is 515 g/mol. The minimum absolute atomic E-state index is 0.168. The summed E-state index contributed by atoms with van der Waals surface area (Å²) >= 11 is 0. The number of hydrogen-bond acceptors (Lipinski definition) is 6. The third-order valence-corrected chi connectivity index (χ3v) is 7.25. The van der Waals surface area contributed by atoms with Crippen molar-refractivity contribution in [1.82, 2.24) is 20.9 Å². The number of benzene rings is 2. The van der Waals surface area contributed by atoms with E-state index in [9.17, 15) is 18.8 Å². The van der Waals surface area contributed by atoms with Crippen LogP contribution in [0.2, 0.25) is 0 Å². The van der Waals surface area contributed by atoms with E-state index in [0.717, 1.165) is 11.3 Å². The molecule has 0 saturated heterocycles. The molecule has 3 rings (SSSR count). The lowest BCUT2D eigenvalue weighted by atomic mass is 10.0. The smallest absolute Gasteiger partial charge is 0.243 e. The van der Waals surface area contributed by atoms with E-state index >= 15 is 0 Å². The second kappa shape index (κ2) is 14.8. The Bertz CT molecular complexity index is 1150. The molecule has 218 valence electrons. The van der Waals surface area contributed by atoms with Gasteiger partial charge in [-0.2, -0.15) is 0 Å². The normalized spacial score (nSPS) is 24.6. The molecule has 0 radical (unpaired) electrons. The summed E-state index contributed by atoms with van der Waals surface area (Å²) in [7, 11) is 3.07. The van der Waals surface area contributed by atoms with Crippen LogP contribution in [-0.4, -0.2) is 80.2 Å². The van der Waals surface area contributed by atoms with Crippen molar-refractivity contribution >= 4 is 17.7 Å². The number of likely N-dealkylation sites (N-methyl/N-ethyl adjacent to an activating group) is 1. The largest absolute Gasteiger partial charge is 0.489 e. The van der Waals surface area contributed by atoms with Gasteiger partial charge in [0.05, 0.1) is 6.10 Å². The van der Waals surface area contributed by atoms with Crippen LogP contribution < -0.4 is 20.7 Å². The zero-order valence-electron chi connectivity index (χ0n) is 23.9. The molecule has 40 heavy (non-hydrogen) atoms. The zero-order valence-corrected chi connectivity index (χ0v) is 23.9. The number of carbonyl (C=O) groups is 3. The fourth-order valence-electron chi connectivity index (χ4n) is 4.52. The first-order valence-corrected chi connectivity index (χ1v) is 13.7. The van der Waals surface area contributed by atoms with E-state index in [0.29, 0.717) is 31.5 Å². The zero-order chi connectivity index (χ0) is 29.2. The summed E-state index contributed by atoms with van der Waals surface area (Å²) in [5.74, 6) is -0.800. The van der Waals surface area contributed by atoms with Gasteiger partial charge in [-0.1, -0.05) is 30.3 Å². The maximum Gasteiger partial charge on any atom is 0.243 e. The topological polar surface area (TPSA) is 109 Å². The first kappa shape index (κ1) is 31.0. The summed E-state index contributed by atoms with van der Waals surface area (Å²) in [4.78, 5) is 41.4. The number of hydrogen-bond donors (Lipinski definition) is 3. The molecule has 3 N–H and O–H groups in total. The van der Waals surface area contributed by atoms with Crippen LogP contribution in [0.15, 0.2) is 48.5 Å². The maximum atomic E-state index is 13.5. The highest BCUT2D eigenvalue weighted by molar-refractivity contribution is 5.93. The Kier molecular flexibility index (Phi) is 11.5. The van der Waals surface area contributed by atoms with Gasteiger partial charge < -0.3 is 30.3 Å². The molecule has 0 spiro atoms. The molecule has 9 nitrogen and oxygen atoms in total. The first-order chi connectivity index (χ1) is 19.1. The quantitative estimate of drug-likeness (QED) is 0.533. The van der Waals surface area contributed by atoms with Crippen molar-refractivity contribution in [3.63, 3.8) is 0 Å². The molecule has 0 aliphatic carbocycles. The monoisotopic (exact) mass is 556 g/mol. The van der Waals surface area contributed by atoms with Crippen molar-refractivity contribution < 1.29 is 28.2 Å². The van der Waals surface area contributed by atoms with Crippen molar-refractivity contribution in [1.29, 1.82) is 0 Å². The van der Waals surface area contributed by atoms with E-state index in [4.69, 9.17) is 9.47 Å². The van der Waals surface area contributed by atoms with Crippen LogP contribution in [-0.2, 0) is 32.0 Å². The van der Waals surface area contributed by atoms with Gasteiger partial charge in [-0.05, 0) is 62.9 Å². The highest BCUT2D eigenvalue weighted by atomic mass is 19.1. The fraction of sp³-hybridized carbons (Fsp3) is 0.500. The number of amides is 3. The highest BCUT2D eigenvalue weighted by Gasteiger charge is 2.33. The molecule has 1 unspecified atom stereocenters. The Morgan fingerprint density at radius 2 is 1.77 bits per heavy atom. The molecule has 0 bridgehead atoms. The van der Waals surface area contributed by atoms with Crippen LogP contribution in [0.4, 0.5) is 4.39 Å².